The second-order valence-electron chi connectivity index (χ2n) is 6.25. The molecule has 0 unspecified atom stereocenters. The van der Waals surface area contributed by atoms with E-state index in [4.69, 9.17) is 5.11 Å². The molecule has 0 saturated carbocycles. The van der Waals surface area contributed by atoms with Gasteiger partial charge in [0.1, 0.15) is 0 Å². The molecule has 0 spiro atoms. The van der Waals surface area contributed by atoms with Gasteiger partial charge in [-0.15, -0.1) is 0 Å². The zero-order valence-corrected chi connectivity index (χ0v) is 14.0. The lowest BCUT2D eigenvalue weighted by molar-refractivity contribution is 0.326. The van der Waals surface area contributed by atoms with Crippen LogP contribution in [0.2, 0.25) is 0 Å². The monoisotopic (exact) mass is 282 g/mol. The highest BCUT2D eigenvalue weighted by Crippen LogP contribution is 2.14. The lowest BCUT2D eigenvalue weighted by Gasteiger charge is -2.04. The van der Waals surface area contributed by atoms with Crippen molar-refractivity contribution in [3.8, 4) is 0 Å². The minimum atomic E-state index is 0.165. The van der Waals surface area contributed by atoms with Crippen LogP contribution in [0.1, 0.15) is 103 Å². The summed E-state index contributed by atoms with van der Waals surface area (Å²) in [7, 11) is 0. The highest BCUT2D eigenvalue weighted by atomic mass is 16.3. The molecule has 1 nitrogen and oxygen atoms in total. The number of aliphatic hydroxyl groups is 1. The molecular formula is C19H38O. The Morgan fingerprint density at radius 2 is 1.00 bits per heavy atom. The quantitative estimate of drug-likeness (QED) is 0.256. The summed E-state index contributed by atoms with van der Waals surface area (Å²) < 4.78 is 0. The Hall–Kier alpha value is -0.300. The molecule has 0 radical (unpaired) electrons. The molecule has 0 amide bonds. The molecule has 0 heterocycles. The van der Waals surface area contributed by atoms with E-state index < -0.39 is 0 Å². The lowest BCUT2D eigenvalue weighted by atomic mass is 10.0. The van der Waals surface area contributed by atoms with E-state index in [1.165, 1.54) is 89.9 Å². The molecule has 0 aliphatic heterocycles. The number of rotatable bonds is 16. The summed E-state index contributed by atoms with van der Waals surface area (Å²) in [6.45, 7) is 6.27. The van der Waals surface area contributed by atoms with Gasteiger partial charge in [-0.2, -0.15) is 0 Å². The van der Waals surface area contributed by atoms with E-state index in [-0.39, 0.29) is 6.61 Å². The molecule has 0 rings (SSSR count). The molecule has 0 aromatic heterocycles. The van der Waals surface area contributed by atoms with E-state index in [1.807, 2.05) is 0 Å². The third kappa shape index (κ3) is 15.8. The van der Waals surface area contributed by atoms with E-state index >= 15 is 0 Å². The zero-order valence-electron chi connectivity index (χ0n) is 14.0. The number of unbranched alkanes of at least 4 members (excludes halogenated alkanes) is 13. The van der Waals surface area contributed by atoms with E-state index in [0.717, 1.165) is 12.0 Å². The maximum Gasteiger partial charge on any atom is 0.0639 e. The van der Waals surface area contributed by atoms with E-state index in [1.54, 1.807) is 0 Å². The summed E-state index contributed by atoms with van der Waals surface area (Å²) in [4.78, 5) is 0. The van der Waals surface area contributed by atoms with Gasteiger partial charge < -0.3 is 5.11 Å². The maximum atomic E-state index is 8.84. The van der Waals surface area contributed by atoms with Crippen LogP contribution in [0.4, 0.5) is 0 Å². The van der Waals surface area contributed by atoms with Gasteiger partial charge in [-0.1, -0.05) is 103 Å². The second kappa shape index (κ2) is 16.8. The summed E-state index contributed by atoms with van der Waals surface area (Å²) >= 11 is 0. The Kier molecular flexibility index (Phi) is 16.5. The molecule has 20 heavy (non-hydrogen) atoms. The van der Waals surface area contributed by atoms with Crippen molar-refractivity contribution in [2.24, 2.45) is 0 Å². The van der Waals surface area contributed by atoms with Gasteiger partial charge in [-0.3, -0.25) is 0 Å². The Labute approximate surface area is 127 Å². The number of hydrogen-bond donors (Lipinski definition) is 1. The highest BCUT2D eigenvalue weighted by Gasteiger charge is 1.95. The highest BCUT2D eigenvalue weighted by molar-refractivity contribution is 4.92. The van der Waals surface area contributed by atoms with Gasteiger partial charge in [-0.05, 0) is 12.8 Å². The van der Waals surface area contributed by atoms with Crippen molar-refractivity contribution in [1.29, 1.82) is 0 Å². The van der Waals surface area contributed by atoms with Gasteiger partial charge >= 0.3 is 0 Å². The van der Waals surface area contributed by atoms with Crippen LogP contribution in [-0.4, -0.2) is 11.7 Å². The SMILES string of the molecule is C=C(CO)CCCCCCCCCCCCCCCC. The number of aliphatic hydroxyl groups excluding tert-OH is 1. The average Bonchev–Trinajstić information content (AvgIpc) is 2.47. The van der Waals surface area contributed by atoms with Crippen LogP contribution < -0.4 is 0 Å². The molecule has 0 saturated heterocycles. The van der Waals surface area contributed by atoms with Gasteiger partial charge in [0.05, 0.1) is 6.61 Å². The first-order chi connectivity index (χ1) is 9.81. The molecule has 0 aromatic rings. The van der Waals surface area contributed by atoms with Crippen molar-refractivity contribution in [1.82, 2.24) is 0 Å². The predicted octanol–water partition coefficient (Wildman–Crippen LogP) is 6.41. The van der Waals surface area contributed by atoms with E-state index in [0.29, 0.717) is 0 Å². The molecule has 0 aliphatic rings. The second-order valence-corrected chi connectivity index (χ2v) is 6.25. The summed E-state index contributed by atoms with van der Waals surface area (Å²) in [5.41, 5.74) is 0.990. The molecule has 0 fully saturated rings. The van der Waals surface area contributed by atoms with Crippen LogP contribution in [-0.2, 0) is 0 Å². The normalized spacial score (nSPS) is 10.9. The summed E-state index contributed by atoms with van der Waals surface area (Å²) in [6.07, 6.45) is 20.6. The van der Waals surface area contributed by atoms with Crippen molar-refractivity contribution in [2.75, 3.05) is 6.61 Å². The molecule has 120 valence electrons. The van der Waals surface area contributed by atoms with E-state index in [2.05, 4.69) is 13.5 Å². The fourth-order valence-electron chi connectivity index (χ4n) is 2.65. The Morgan fingerprint density at radius 1 is 0.650 bits per heavy atom. The Morgan fingerprint density at radius 3 is 1.35 bits per heavy atom. The smallest absolute Gasteiger partial charge is 0.0639 e. The minimum absolute atomic E-state index is 0.165. The van der Waals surface area contributed by atoms with Crippen LogP contribution in [0.3, 0.4) is 0 Å². The standard InChI is InChI=1S/C19H38O/c1-3-4-5-6-7-8-9-10-11-12-13-14-15-16-17-19(2)18-20/h20H,2-18H2,1H3. The Bertz CT molecular complexity index is 198. The topological polar surface area (TPSA) is 20.2 Å². The first kappa shape index (κ1) is 19.7. The lowest BCUT2D eigenvalue weighted by Crippen LogP contribution is -1.88. The molecule has 1 heteroatoms. The van der Waals surface area contributed by atoms with Crippen molar-refractivity contribution in [3.05, 3.63) is 12.2 Å². The third-order valence-corrected chi connectivity index (χ3v) is 4.11. The first-order valence-corrected chi connectivity index (χ1v) is 9.08. The summed E-state index contributed by atoms with van der Waals surface area (Å²) in [5, 5.41) is 8.84. The van der Waals surface area contributed by atoms with Crippen molar-refractivity contribution in [2.45, 2.75) is 103 Å². The molecule has 0 aromatic carbocycles. The van der Waals surface area contributed by atoms with Crippen LogP contribution >= 0.6 is 0 Å². The molecular weight excluding hydrogens is 244 g/mol. The fraction of sp³-hybridized carbons (Fsp3) is 0.895. The maximum absolute atomic E-state index is 8.84. The van der Waals surface area contributed by atoms with Gasteiger partial charge in [-0.25, -0.2) is 0 Å². The largest absolute Gasteiger partial charge is 0.392 e. The van der Waals surface area contributed by atoms with Gasteiger partial charge in [0.25, 0.3) is 0 Å². The summed E-state index contributed by atoms with van der Waals surface area (Å²) in [5.74, 6) is 0. The zero-order chi connectivity index (χ0) is 14.9. The van der Waals surface area contributed by atoms with Gasteiger partial charge in [0, 0.05) is 0 Å². The van der Waals surface area contributed by atoms with E-state index in [9.17, 15) is 0 Å². The molecule has 0 bridgehead atoms. The Balaban J connectivity index is 2.97. The average molecular weight is 283 g/mol. The van der Waals surface area contributed by atoms with Gasteiger partial charge in [0.15, 0.2) is 0 Å². The van der Waals surface area contributed by atoms with Gasteiger partial charge in [0.2, 0.25) is 0 Å². The number of hydrogen-bond acceptors (Lipinski definition) is 1. The van der Waals surface area contributed by atoms with Crippen LogP contribution in [0, 0.1) is 0 Å². The van der Waals surface area contributed by atoms with Crippen molar-refractivity contribution < 1.29 is 5.11 Å². The fourth-order valence-corrected chi connectivity index (χ4v) is 2.65. The van der Waals surface area contributed by atoms with Crippen molar-refractivity contribution in [3.63, 3.8) is 0 Å². The predicted molar refractivity (Wildman–Crippen MR) is 91.2 cm³/mol. The first-order valence-electron chi connectivity index (χ1n) is 9.08. The molecule has 0 atom stereocenters. The third-order valence-electron chi connectivity index (χ3n) is 4.11. The van der Waals surface area contributed by atoms with Crippen LogP contribution in [0.5, 0.6) is 0 Å². The van der Waals surface area contributed by atoms with Crippen LogP contribution in [0.15, 0.2) is 12.2 Å². The molecule has 1 N–H and O–H groups in total. The van der Waals surface area contributed by atoms with Crippen molar-refractivity contribution >= 4 is 0 Å². The molecule has 0 aliphatic carbocycles. The summed E-state index contributed by atoms with van der Waals surface area (Å²) in [6, 6.07) is 0. The minimum Gasteiger partial charge on any atom is -0.392 e. The van der Waals surface area contributed by atoms with Crippen LogP contribution in [0.25, 0.3) is 0 Å².